The van der Waals surface area contributed by atoms with Crippen molar-refractivity contribution in [3.63, 3.8) is 0 Å². The highest BCUT2D eigenvalue weighted by Gasteiger charge is 2.11. The molecule has 0 aliphatic heterocycles. The molecule has 0 aliphatic rings. The summed E-state index contributed by atoms with van der Waals surface area (Å²) in [5, 5.41) is 3.12. The fourth-order valence-electron chi connectivity index (χ4n) is 1.23. The largest absolute Gasteiger partial charge is 0.382 e. The fourth-order valence-corrected chi connectivity index (χ4v) is 1.71. The van der Waals surface area contributed by atoms with E-state index in [0.717, 1.165) is 17.4 Å². The first-order valence-corrected chi connectivity index (χ1v) is 5.87. The summed E-state index contributed by atoms with van der Waals surface area (Å²) >= 11 is 3.33. The van der Waals surface area contributed by atoms with Gasteiger partial charge in [0, 0.05) is 11.0 Å². The van der Waals surface area contributed by atoms with Gasteiger partial charge in [0.2, 0.25) is 0 Å². The Labute approximate surface area is 99.2 Å². The van der Waals surface area contributed by atoms with Gasteiger partial charge in [0.25, 0.3) is 0 Å². The van der Waals surface area contributed by atoms with E-state index in [1.54, 1.807) is 6.07 Å². The summed E-state index contributed by atoms with van der Waals surface area (Å²) in [7, 11) is 0. The maximum absolute atomic E-state index is 13.4. The molecular formula is C12H17BrFN. The first-order valence-electron chi connectivity index (χ1n) is 5.08. The van der Waals surface area contributed by atoms with Gasteiger partial charge >= 0.3 is 0 Å². The monoisotopic (exact) mass is 273 g/mol. The lowest BCUT2D eigenvalue weighted by molar-refractivity contribution is 0.389. The molecule has 0 heterocycles. The molecule has 1 nitrogen and oxygen atoms in total. The second-order valence-corrected chi connectivity index (χ2v) is 5.69. The van der Waals surface area contributed by atoms with Crippen molar-refractivity contribution in [3.05, 3.63) is 28.5 Å². The highest BCUT2D eigenvalue weighted by molar-refractivity contribution is 9.10. The van der Waals surface area contributed by atoms with Crippen LogP contribution in [-0.4, -0.2) is 6.54 Å². The Hall–Kier alpha value is -0.570. The summed E-state index contributed by atoms with van der Waals surface area (Å²) < 4.78 is 14.2. The number of halogens is 2. The minimum atomic E-state index is -0.210. The predicted octanol–water partition coefficient (Wildman–Crippen LogP) is 4.44. The molecular weight excluding hydrogens is 257 g/mol. The van der Waals surface area contributed by atoms with Crippen LogP contribution in [0.2, 0.25) is 0 Å². The first-order chi connectivity index (χ1) is 6.90. The van der Waals surface area contributed by atoms with Gasteiger partial charge in [-0.3, -0.25) is 0 Å². The van der Waals surface area contributed by atoms with Crippen molar-refractivity contribution in [2.24, 2.45) is 5.41 Å². The molecule has 0 atom stereocenters. The van der Waals surface area contributed by atoms with Gasteiger partial charge in [-0.2, -0.15) is 0 Å². The maximum Gasteiger partial charge on any atom is 0.147 e. The second-order valence-electron chi connectivity index (χ2n) is 4.83. The molecule has 1 rings (SSSR count). The lowest BCUT2D eigenvalue weighted by Gasteiger charge is -2.19. The number of hydrogen-bond donors (Lipinski definition) is 1. The van der Waals surface area contributed by atoms with Crippen LogP contribution in [0.1, 0.15) is 27.2 Å². The van der Waals surface area contributed by atoms with Crippen LogP contribution in [0.4, 0.5) is 10.1 Å². The van der Waals surface area contributed by atoms with Crippen molar-refractivity contribution in [2.75, 3.05) is 11.9 Å². The molecule has 1 aromatic rings. The zero-order chi connectivity index (χ0) is 11.5. The van der Waals surface area contributed by atoms with Crippen LogP contribution < -0.4 is 5.32 Å². The highest BCUT2D eigenvalue weighted by atomic mass is 79.9. The average Bonchev–Trinajstić information content (AvgIpc) is 2.08. The van der Waals surface area contributed by atoms with E-state index in [2.05, 4.69) is 42.0 Å². The van der Waals surface area contributed by atoms with Gasteiger partial charge in [-0.1, -0.05) is 26.8 Å². The van der Waals surface area contributed by atoms with Crippen LogP contribution >= 0.6 is 15.9 Å². The first kappa shape index (κ1) is 12.5. The summed E-state index contributed by atoms with van der Waals surface area (Å²) in [6.07, 6.45) is 1.01. The predicted molar refractivity (Wildman–Crippen MR) is 66.7 cm³/mol. The molecule has 0 spiro atoms. The van der Waals surface area contributed by atoms with Crippen molar-refractivity contribution in [1.82, 2.24) is 0 Å². The van der Waals surface area contributed by atoms with Gasteiger partial charge in [-0.15, -0.1) is 0 Å². The van der Waals surface area contributed by atoms with Crippen molar-refractivity contribution in [2.45, 2.75) is 27.2 Å². The molecule has 0 radical (unpaired) electrons. The molecule has 0 unspecified atom stereocenters. The van der Waals surface area contributed by atoms with E-state index in [1.807, 2.05) is 6.07 Å². The number of hydrogen-bond acceptors (Lipinski definition) is 1. The molecule has 15 heavy (non-hydrogen) atoms. The molecule has 0 fully saturated rings. The van der Waals surface area contributed by atoms with E-state index in [0.29, 0.717) is 5.69 Å². The third-order valence-corrected chi connectivity index (χ3v) is 2.80. The molecule has 3 heteroatoms. The third kappa shape index (κ3) is 4.20. The Kier molecular flexibility index (Phi) is 4.14. The standard InChI is InChI=1S/C12H17BrFN/c1-12(2,3)7-8-15-11-9(13)5-4-6-10(11)14/h4-6,15H,7-8H2,1-3H3. The Bertz CT molecular complexity index is 311. The molecule has 0 aromatic heterocycles. The van der Waals surface area contributed by atoms with Crippen molar-refractivity contribution >= 4 is 21.6 Å². The average molecular weight is 274 g/mol. The zero-order valence-corrected chi connectivity index (χ0v) is 11.0. The summed E-state index contributed by atoms with van der Waals surface area (Å²) in [6.45, 7) is 7.30. The van der Waals surface area contributed by atoms with Crippen LogP contribution in [0.5, 0.6) is 0 Å². The van der Waals surface area contributed by atoms with E-state index in [-0.39, 0.29) is 11.2 Å². The van der Waals surface area contributed by atoms with E-state index >= 15 is 0 Å². The Balaban J connectivity index is 2.58. The summed E-state index contributed by atoms with van der Waals surface area (Å²) in [5.41, 5.74) is 0.826. The van der Waals surface area contributed by atoms with E-state index < -0.39 is 0 Å². The SMILES string of the molecule is CC(C)(C)CCNc1c(F)cccc1Br. The number of para-hydroxylation sites is 1. The minimum Gasteiger partial charge on any atom is -0.382 e. The van der Waals surface area contributed by atoms with Crippen LogP contribution in [-0.2, 0) is 0 Å². The van der Waals surface area contributed by atoms with Crippen LogP contribution in [0.25, 0.3) is 0 Å². The topological polar surface area (TPSA) is 12.0 Å². The number of rotatable bonds is 3. The molecule has 1 N–H and O–H groups in total. The zero-order valence-electron chi connectivity index (χ0n) is 9.40. The van der Waals surface area contributed by atoms with E-state index in [1.165, 1.54) is 6.07 Å². The van der Waals surface area contributed by atoms with E-state index in [4.69, 9.17) is 0 Å². The number of anilines is 1. The molecule has 0 amide bonds. The molecule has 84 valence electrons. The normalized spacial score (nSPS) is 11.5. The quantitative estimate of drug-likeness (QED) is 0.859. The van der Waals surface area contributed by atoms with Gasteiger partial charge < -0.3 is 5.32 Å². The van der Waals surface area contributed by atoms with Crippen LogP contribution in [0, 0.1) is 11.2 Å². The molecule has 0 saturated heterocycles. The van der Waals surface area contributed by atoms with Crippen LogP contribution in [0.15, 0.2) is 22.7 Å². The third-order valence-electron chi connectivity index (χ3n) is 2.14. The highest BCUT2D eigenvalue weighted by Crippen LogP contribution is 2.26. The molecule has 0 aliphatic carbocycles. The Morgan fingerprint density at radius 2 is 2.00 bits per heavy atom. The van der Waals surface area contributed by atoms with Crippen molar-refractivity contribution in [1.29, 1.82) is 0 Å². The summed E-state index contributed by atoms with van der Waals surface area (Å²) in [4.78, 5) is 0. The lowest BCUT2D eigenvalue weighted by atomic mass is 9.92. The number of nitrogens with one attached hydrogen (secondary N) is 1. The fraction of sp³-hybridized carbons (Fsp3) is 0.500. The van der Waals surface area contributed by atoms with Crippen molar-refractivity contribution < 1.29 is 4.39 Å². The van der Waals surface area contributed by atoms with Gasteiger partial charge in [-0.25, -0.2) is 4.39 Å². The van der Waals surface area contributed by atoms with Gasteiger partial charge in [0.1, 0.15) is 5.82 Å². The van der Waals surface area contributed by atoms with Gasteiger partial charge in [0.05, 0.1) is 5.69 Å². The van der Waals surface area contributed by atoms with Crippen LogP contribution in [0.3, 0.4) is 0 Å². The number of benzene rings is 1. The lowest BCUT2D eigenvalue weighted by Crippen LogP contribution is -2.13. The Morgan fingerprint density at radius 1 is 1.33 bits per heavy atom. The summed E-state index contributed by atoms with van der Waals surface area (Å²) in [6, 6.07) is 4.99. The smallest absolute Gasteiger partial charge is 0.147 e. The van der Waals surface area contributed by atoms with Crippen molar-refractivity contribution in [3.8, 4) is 0 Å². The molecule has 1 aromatic carbocycles. The Morgan fingerprint density at radius 3 is 2.53 bits per heavy atom. The molecule has 0 saturated carbocycles. The maximum atomic E-state index is 13.4. The summed E-state index contributed by atoms with van der Waals surface area (Å²) in [5.74, 6) is -0.210. The second kappa shape index (κ2) is 4.97. The van der Waals surface area contributed by atoms with Gasteiger partial charge in [-0.05, 0) is 39.9 Å². The molecule has 0 bridgehead atoms. The van der Waals surface area contributed by atoms with E-state index in [9.17, 15) is 4.39 Å². The minimum absolute atomic E-state index is 0.210. The van der Waals surface area contributed by atoms with Gasteiger partial charge in [0.15, 0.2) is 0 Å².